The third-order valence-corrected chi connectivity index (χ3v) is 5.51. The molecule has 148 valence electrons. The highest BCUT2D eigenvalue weighted by Crippen LogP contribution is 2.38. The first kappa shape index (κ1) is 19.1. The van der Waals surface area contributed by atoms with Crippen LogP contribution in [0.3, 0.4) is 0 Å². The van der Waals surface area contributed by atoms with Crippen LogP contribution in [0.5, 0.6) is 0 Å². The SMILES string of the molecule is CC1=C(C(=O)Nc2ccc3[nH]ncc3c2)C(c2ccc(Cl)cc2F)CC(=O)N1C. The van der Waals surface area contributed by atoms with Crippen molar-refractivity contribution in [2.75, 3.05) is 12.4 Å². The Labute approximate surface area is 171 Å². The number of aromatic nitrogens is 2. The number of hydrogen-bond acceptors (Lipinski definition) is 3. The summed E-state index contributed by atoms with van der Waals surface area (Å²) in [4.78, 5) is 27.0. The molecule has 1 unspecified atom stereocenters. The van der Waals surface area contributed by atoms with Gasteiger partial charge in [-0.05, 0) is 42.8 Å². The van der Waals surface area contributed by atoms with Crippen LogP contribution in [-0.2, 0) is 9.59 Å². The Morgan fingerprint density at radius 3 is 2.86 bits per heavy atom. The number of carbonyl (C=O) groups is 2. The van der Waals surface area contributed by atoms with Crippen molar-refractivity contribution in [2.24, 2.45) is 0 Å². The zero-order valence-electron chi connectivity index (χ0n) is 15.8. The number of nitrogens with one attached hydrogen (secondary N) is 2. The summed E-state index contributed by atoms with van der Waals surface area (Å²) in [6.45, 7) is 1.69. The van der Waals surface area contributed by atoms with E-state index in [9.17, 15) is 14.0 Å². The number of anilines is 1. The van der Waals surface area contributed by atoms with Gasteiger partial charge in [0, 0.05) is 46.8 Å². The summed E-state index contributed by atoms with van der Waals surface area (Å²) < 4.78 is 14.6. The number of halogens is 2. The standard InChI is InChI=1S/C21H18ClFN4O2/c1-11-20(21(29)25-14-4-6-18-12(7-14)10-24-26-18)16(9-19(28)27(11)2)15-5-3-13(22)8-17(15)23/h3-8,10,16H,9H2,1-2H3,(H,24,26)(H,25,29). The Kier molecular flexibility index (Phi) is 4.84. The predicted molar refractivity (Wildman–Crippen MR) is 109 cm³/mol. The molecule has 1 atom stereocenters. The van der Waals surface area contributed by atoms with Crippen molar-refractivity contribution in [1.29, 1.82) is 0 Å². The molecular formula is C21H18ClFN4O2. The fraction of sp³-hybridized carbons (Fsp3) is 0.190. The number of H-pyrrole nitrogens is 1. The van der Waals surface area contributed by atoms with Gasteiger partial charge in [-0.25, -0.2) is 4.39 Å². The third kappa shape index (κ3) is 3.49. The highest BCUT2D eigenvalue weighted by molar-refractivity contribution is 6.30. The number of rotatable bonds is 3. The van der Waals surface area contributed by atoms with E-state index < -0.39 is 11.7 Å². The van der Waals surface area contributed by atoms with E-state index in [1.807, 2.05) is 6.07 Å². The minimum Gasteiger partial charge on any atom is -0.322 e. The van der Waals surface area contributed by atoms with Crippen LogP contribution in [-0.4, -0.2) is 34.0 Å². The minimum atomic E-state index is -0.700. The topological polar surface area (TPSA) is 78.1 Å². The van der Waals surface area contributed by atoms with Gasteiger partial charge in [-0.2, -0.15) is 5.10 Å². The molecule has 1 aliphatic heterocycles. The van der Waals surface area contributed by atoms with Crippen LogP contribution < -0.4 is 5.32 Å². The Morgan fingerprint density at radius 2 is 2.10 bits per heavy atom. The first-order chi connectivity index (χ1) is 13.8. The van der Waals surface area contributed by atoms with E-state index in [0.29, 0.717) is 17.0 Å². The van der Waals surface area contributed by atoms with Crippen LogP contribution in [0.1, 0.15) is 24.8 Å². The lowest BCUT2D eigenvalue weighted by Crippen LogP contribution is -2.37. The number of hydrogen-bond donors (Lipinski definition) is 2. The van der Waals surface area contributed by atoms with Gasteiger partial charge in [0.15, 0.2) is 0 Å². The number of allylic oxidation sites excluding steroid dienone is 1. The van der Waals surface area contributed by atoms with Gasteiger partial charge < -0.3 is 10.2 Å². The summed E-state index contributed by atoms with van der Waals surface area (Å²) in [5.41, 5.74) is 2.54. The van der Waals surface area contributed by atoms with E-state index in [4.69, 9.17) is 11.6 Å². The monoisotopic (exact) mass is 412 g/mol. The highest BCUT2D eigenvalue weighted by atomic mass is 35.5. The van der Waals surface area contributed by atoms with Crippen molar-refractivity contribution in [2.45, 2.75) is 19.3 Å². The molecule has 0 fully saturated rings. The van der Waals surface area contributed by atoms with Gasteiger partial charge >= 0.3 is 0 Å². The molecule has 1 aliphatic rings. The lowest BCUT2D eigenvalue weighted by atomic mass is 9.83. The number of amides is 2. The van der Waals surface area contributed by atoms with E-state index in [2.05, 4.69) is 15.5 Å². The van der Waals surface area contributed by atoms with Gasteiger partial charge in [-0.1, -0.05) is 17.7 Å². The van der Waals surface area contributed by atoms with Gasteiger partial charge in [0.05, 0.1) is 11.7 Å². The van der Waals surface area contributed by atoms with Crippen LogP contribution in [0.4, 0.5) is 10.1 Å². The van der Waals surface area contributed by atoms with Gasteiger partial charge in [0.25, 0.3) is 5.91 Å². The number of nitrogens with zero attached hydrogens (tertiary/aromatic N) is 2. The second-order valence-electron chi connectivity index (χ2n) is 7.00. The van der Waals surface area contributed by atoms with Crippen molar-refractivity contribution in [1.82, 2.24) is 15.1 Å². The maximum absolute atomic E-state index is 14.6. The van der Waals surface area contributed by atoms with Crippen LogP contribution >= 0.6 is 11.6 Å². The zero-order chi connectivity index (χ0) is 20.7. The molecule has 0 aliphatic carbocycles. The van der Waals surface area contributed by atoms with Crippen LogP contribution in [0.2, 0.25) is 5.02 Å². The van der Waals surface area contributed by atoms with Crippen LogP contribution in [0.15, 0.2) is 53.9 Å². The average molecular weight is 413 g/mol. The number of carbonyl (C=O) groups excluding carboxylic acids is 2. The minimum absolute atomic E-state index is 0.00406. The normalized spacial score (nSPS) is 17.2. The van der Waals surface area contributed by atoms with Crippen molar-refractivity contribution in [3.05, 3.63) is 70.3 Å². The second kappa shape index (κ2) is 7.33. The van der Waals surface area contributed by atoms with E-state index in [-0.39, 0.29) is 28.8 Å². The van der Waals surface area contributed by atoms with Gasteiger partial charge in [-0.15, -0.1) is 0 Å². The molecule has 1 aromatic heterocycles. The first-order valence-corrected chi connectivity index (χ1v) is 9.39. The van der Waals surface area contributed by atoms with E-state index in [1.54, 1.807) is 38.4 Å². The molecule has 2 amide bonds. The molecule has 29 heavy (non-hydrogen) atoms. The lowest BCUT2D eigenvalue weighted by molar-refractivity contribution is -0.129. The van der Waals surface area contributed by atoms with E-state index in [1.165, 1.54) is 17.0 Å². The maximum Gasteiger partial charge on any atom is 0.253 e. The van der Waals surface area contributed by atoms with Gasteiger partial charge in [-0.3, -0.25) is 14.7 Å². The maximum atomic E-state index is 14.6. The van der Waals surface area contributed by atoms with E-state index >= 15 is 0 Å². The average Bonchev–Trinajstić information content (AvgIpc) is 3.13. The van der Waals surface area contributed by atoms with E-state index in [0.717, 1.165) is 10.9 Å². The summed E-state index contributed by atoms with van der Waals surface area (Å²) >= 11 is 5.87. The Hall–Kier alpha value is -3.19. The highest BCUT2D eigenvalue weighted by Gasteiger charge is 2.36. The molecule has 3 aromatic rings. The molecule has 2 heterocycles. The van der Waals surface area contributed by atoms with Gasteiger partial charge in [0.2, 0.25) is 5.91 Å². The predicted octanol–water partition coefficient (Wildman–Crippen LogP) is 4.21. The van der Waals surface area contributed by atoms with Crippen molar-refractivity contribution in [3.8, 4) is 0 Å². The third-order valence-electron chi connectivity index (χ3n) is 5.27. The second-order valence-corrected chi connectivity index (χ2v) is 7.44. The van der Waals surface area contributed by atoms with Crippen molar-refractivity contribution >= 4 is 40.0 Å². The summed E-state index contributed by atoms with van der Waals surface area (Å²) in [6.07, 6.45) is 1.66. The molecule has 0 saturated heterocycles. The fourth-order valence-corrected chi connectivity index (χ4v) is 3.78. The molecule has 4 rings (SSSR count). The molecular weight excluding hydrogens is 395 g/mol. The smallest absolute Gasteiger partial charge is 0.253 e. The molecule has 2 aromatic carbocycles. The fourth-order valence-electron chi connectivity index (χ4n) is 3.62. The van der Waals surface area contributed by atoms with Gasteiger partial charge in [0.1, 0.15) is 5.82 Å². The summed E-state index contributed by atoms with van der Waals surface area (Å²) in [7, 11) is 1.61. The van der Waals surface area contributed by atoms with Crippen molar-refractivity contribution in [3.63, 3.8) is 0 Å². The number of benzene rings is 2. The lowest BCUT2D eigenvalue weighted by Gasteiger charge is -2.32. The summed E-state index contributed by atoms with van der Waals surface area (Å²) in [6, 6.07) is 9.63. The molecule has 6 nitrogen and oxygen atoms in total. The van der Waals surface area contributed by atoms with Crippen LogP contribution in [0.25, 0.3) is 10.9 Å². The molecule has 0 spiro atoms. The Morgan fingerprint density at radius 1 is 1.31 bits per heavy atom. The summed E-state index contributed by atoms with van der Waals surface area (Å²) in [5, 5.41) is 10.8. The molecule has 0 bridgehead atoms. The zero-order valence-corrected chi connectivity index (χ0v) is 16.5. The Bertz CT molecular complexity index is 1170. The number of aromatic amines is 1. The largest absolute Gasteiger partial charge is 0.322 e. The molecule has 0 radical (unpaired) electrons. The molecule has 0 saturated carbocycles. The molecule has 2 N–H and O–H groups in total. The molecule has 8 heteroatoms. The first-order valence-electron chi connectivity index (χ1n) is 9.02. The Balaban J connectivity index is 1.73. The quantitative estimate of drug-likeness (QED) is 0.676. The number of fused-ring (bicyclic) bond motifs is 1. The van der Waals surface area contributed by atoms with Crippen LogP contribution in [0, 0.1) is 5.82 Å². The van der Waals surface area contributed by atoms with Crippen molar-refractivity contribution < 1.29 is 14.0 Å². The summed E-state index contributed by atoms with van der Waals surface area (Å²) in [5.74, 6) is -1.81.